The average molecular weight is 369 g/mol. The van der Waals surface area contributed by atoms with E-state index in [2.05, 4.69) is 16.5 Å². The minimum absolute atomic E-state index is 0.0160. The largest absolute Gasteiger partial charge is 0.299 e. The van der Waals surface area contributed by atoms with Crippen LogP contribution in [0.3, 0.4) is 0 Å². The second-order valence-corrected chi connectivity index (χ2v) is 7.60. The van der Waals surface area contributed by atoms with Gasteiger partial charge in [-0.2, -0.15) is 0 Å². The van der Waals surface area contributed by atoms with Gasteiger partial charge in [-0.3, -0.25) is 14.3 Å². The highest BCUT2D eigenvalue weighted by Crippen LogP contribution is 2.30. The standard InChI is InChI=1S/C20H20FN3OS/c1-2-8-23-9-7-14(10-23)11-24-13-22-19-18(20(24)25)17(12-26-19)15-3-5-16(21)6-4-15/h2-6,12-14H,1,7-11H2/t14-/m0/s1. The second-order valence-electron chi connectivity index (χ2n) is 6.74. The van der Waals surface area contributed by atoms with E-state index in [0.717, 1.165) is 42.0 Å². The Morgan fingerprint density at radius 2 is 2.15 bits per heavy atom. The summed E-state index contributed by atoms with van der Waals surface area (Å²) in [7, 11) is 0. The van der Waals surface area contributed by atoms with Crippen LogP contribution >= 0.6 is 11.3 Å². The molecule has 3 heterocycles. The second kappa shape index (κ2) is 7.13. The molecule has 26 heavy (non-hydrogen) atoms. The number of hydrogen-bond acceptors (Lipinski definition) is 4. The number of likely N-dealkylation sites (tertiary alicyclic amines) is 1. The van der Waals surface area contributed by atoms with Gasteiger partial charge in [-0.1, -0.05) is 18.2 Å². The molecule has 0 N–H and O–H groups in total. The van der Waals surface area contributed by atoms with Crippen molar-refractivity contribution in [2.24, 2.45) is 5.92 Å². The van der Waals surface area contributed by atoms with E-state index in [1.165, 1.54) is 23.5 Å². The lowest BCUT2D eigenvalue weighted by Crippen LogP contribution is -2.26. The number of halogens is 1. The van der Waals surface area contributed by atoms with E-state index in [1.54, 1.807) is 23.0 Å². The van der Waals surface area contributed by atoms with Gasteiger partial charge in [0.25, 0.3) is 5.56 Å². The molecule has 0 radical (unpaired) electrons. The fourth-order valence-electron chi connectivity index (χ4n) is 3.63. The van der Waals surface area contributed by atoms with Crippen molar-refractivity contribution >= 4 is 21.6 Å². The molecule has 0 spiro atoms. The Hall–Kier alpha value is -2.31. The van der Waals surface area contributed by atoms with Crippen molar-refractivity contribution in [2.75, 3.05) is 19.6 Å². The van der Waals surface area contributed by atoms with Crippen LogP contribution in [0.5, 0.6) is 0 Å². The Kier molecular flexibility index (Phi) is 4.70. The van der Waals surface area contributed by atoms with Crippen LogP contribution in [0.15, 0.2) is 53.4 Å². The van der Waals surface area contributed by atoms with E-state index < -0.39 is 0 Å². The molecule has 0 aliphatic carbocycles. The minimum Gasteiger partial charge on any atom is -0.299 e. The molecule has 0 saturated carbocycles. The van der Waals surface area contributed by atoms with Crippen LogP contribution in [-0.4, -0.2) is 34.1 Å². The van der Waals surface area contributed by atoms with Crippen molar-refractivity contribution in [3.05, 3.63) is 64.8 Å². The molecule has 1 atom stereocenters. The van der Waals surface area contributed by atoms with Crippen LogP contribution in [0, 0.1) is 11.7 Å². The molecule has 1 aliphatic rings. The Bertz CT molecular complexity index is 992. The van der Waals surface area contributed by atoms with Crippen LogP contribution in [0.4, 0.5) is 4.39 Å². The zero-order valence-corrected chi connectivity index (χ0v) is 15.2. The van der Waals surface area contributed by atoms with E-state index in [-0.39, 0.29) is 11.4 Å². The van der Waals surface area contributed by atoms with Crippen molar-refractivity contribution in [3.8, 4) is 11.1 Å². The first-order chi connectivity index (χ1) is 12.7. The van der Waals surface area contributed by atoms with Gasteiger partial charge in [-0.15, -0.1) is 17.9 Å². The van der Waals surface area contributed by atoms with Gasteiger partial charge in [0.05, 0.1) is 11.7 Å². The van der Waals surface area contributed by atoms with Crippen molar-refractivity contribution in [1.82, 2.24) is 14.5 Å². The molecule has 0 unspecified atom stereocenters. The highest BCUT2D eigenvalue weighted by Gasteiger charge is 2.23. The van der Waals surface area contributed by atoms with Gasteiger partial charge in [-0.05, 0) is 36.6 Å². The number of benzene rings is 1. The number of aromatic nitrogens is 2. The number of fused-ring (bicyclic) bond motifs is 1. The van der Waals surface area contributed by atoms with E-state index in [1.807, 2.05) is 11.5 Å². The summed E-state index contributed by atoms with van der Waals surface area (Å²) in [4.78, 5) is 20.6. The number of rotatable bonds is 5. The van der Waals surface area contributed by atoms with Crippen LogP contribution in [0.2, 0.25) is 0 Å². The predicted molar refractivity (Wildman–Crippen MR) is 104 cm³/mol. The third-order valence-electron chi connectivity index (χ3n) is 4.93. The minimum atomic E-state index is -0.283. The fraction of sp³-hybridized carbons (Fsp3) is 0.300. The molecular weight excluding hydrogens is 349 g/mol. The molecule has 6 heteroatoms. The molecule has 3 aromatic rings. The normalized spacial score (nSPS) is 17.8. The smallest absolute Gasteiger partial charge is 0.262 e. The molecule has 1 aliphatic heterocycles. The van der Waals surface area contributed by atoms with Crippen molar-refractivity contribution in [1.29, 1.82) is 0 Å². The maximum Gasteiger partial charge on any atom is 0.262 e. The van der Waals surface area contributed by atoms with Gasteiger partial charge < -0.3 is 0 Å². The Labute approximate surface area is 155 Å². The summed E-state index contributed by atoms with van der Waals surface area (Å²) in [6.07, 6.45) is 4.65. The summed E-state index contributed by atoms with van der Waals surface area (Å²) in [5.41, 5.74) is 1.65. The number of nitrogens with zero attached hydrogens (tertiary/aromatic N) is 3. The summed E-state index contributed by atoms with van der Waals surface area (Å²) in [6.45, 7) is 7.38. The summed E-state index contributed by atoms with van der Waals surface area (Å²) < 4.78 is 14.9. The molecule has 0 amide bonds. The lowest BCUT2D eigenvalue weighted by molar-refractivity contribution is 0.346. The number of hydrogen-bond donors (Lipinski definition) is 0. The molecular formula is C20H20FN3OS. The van der Waals surface area contributed by atoms with E-state index in [4.69, 9.17) is 0 Å². The Morgan fingerprint density at radius 3 is 2.92 bits per heavy atom. The van der Waals surface area contributed by atoms with Gasteiger partial charge in [0.15, 0.2) is 0 Å². The third-order valence-corrected chi connectivity index (χ3v) is 5.81. The first-order valence-corrected chi connectivity index (χ1v) is 9.59. The van der Waals surface area contributed by atoms with Crippen LogP contribution < -0.4 is 5.56 Å². The van der Waals surface area contributed by atoms with E-state index in [9.17, 15) is 9.18 Å². The lowest BCUT2D eigenvalue weighted by atomic mass is 10.1. The van der Waals surface area contributed by atoms with Gasteiger partial charge in [0.1, 0.15) is 10.6 Å². The fourth-order valence-corrected chi connectivity index (χ4v) is 4.53. The van der Waals surface area contributed by atoms with E-state index >= 15 is 0 Å². The van der Waals surface area contributed by atoms with Gasteiger partial charge in [0.2, 0.25) is 0 Å². The predicted octanol–water partition coefficient (Wildman–Crippen LogP) is 3.77. The summed E-state index contributed by atoms with van der Waals surface area (Å²) in [5, 5.41) is 2.56. The zero-order chi connectivity index (χ0) is 18.1. The summed E-state index contributed by atoms with van der Waals surface area (Å²) in [6, 6.07) is 6.25. The molecule has 1 fully saturated rings. The highest BCUT2D eigenvalue weighted by molar-refractivity contribution is 7.17. The first-order valence-electron chi connectivity index (χ1n) is 8.71. The highest BCUT2D eigenvalue weighted by atomic mass is 32.1. The zero-order valence-electron chi connectivity index (χ0n) is 14.4. The van der Waals surface area contributed by atoms with Gasteiger partial charge >= 0.3 is 0 Å². The van der Waals surface area contributed by atoms with Crippen molar-refractivity contribution < 1.29 is 4.39 Å². The lowest BCUT2D eigenvalue weighted by Gasteiger charge is -2.14. The molecule has 0 bridgehead atoms. The Balaban J connectivity index is 1.66. The first kappa shape index (κ1) is 17.1. The van der Waals surface area contributed by atoms with Gasteiger partial charge in [-0.25, -0.2) is 9.37 Å². The monoisotopic (exact) mass is 369 g/mol. The van der Waals surface area contributed by atoms with Crippen LogP contribution in [-0.2, 0) is 6.54 Å². The van der Waals surface area contributed by atoms with Crippen molar-refractivity contribution in [3.63, 3.8) is 0 Å². The maximum absolute atomic E-state index is 13.2. The number of thiophene rings is 1. The van der Waals surface area contributed by atoms with E-state index in [0.29, 0.717) is 17.8 Å². The topological polar surface area (TPSA) is 38.1 Å². The van der Waals surface area contributed by atoms with Crippen LogP contribution in [0.25, 0.3) is 21.3 Å². The molecule has 1 aromatic carbocycles. The molecule has 2 aromatic heterocycles. The SMILES string of the molecule is C=CCN1CC[C@H](Cn2cnc3scc(-c4ccc(F)cc4)c3c2=O)C1. The molecule has 1 saturated heterocycles. The molecule has 4 nitrogen and oxygen atoms in total. The molecule has 4 rings (SSSR count). The summed E-state index contributed by atoms with van der Waals surface area (Å²) >= 11 is 1.45. The van der Waals surface area contributed by atoms with Crippen molar-refractivity contribution in [2.45, 2.75) is 13.0 Å². The Morgan fingerprint density at radius 1 is 1.35 bits per heavy atom. The average Bonchev–Trinajstić information content (AvgIpc) is 3.26. The van der Waals surface area contributed by atoms with Gasteiger partial charge in [0, 0.05) is 30.6 Å². The maximum atomic E-state index is 13.2. The summed E-state index contributed by atoms with van der Waals surface area (Å²) in [5.74, 6) is 0.161. The quantitative estimate of drug-likeness (QED) is 0.643. The van der Waals surface area contributed by atoms with Crippen LogP contribution in [0.1, 0.15) is 6.42 Å². The third kappa shape index (κ3) is 3.22. The molecule has 134 valence electrons.